The van der Waals surface area contributed by atoms with Crippen molar-refractivity contribution >= 4 is 11.6 Å². The van der Waals surface area contributed by atoms with E-state index in [1.54, 1.807) is 6.08 Å². The van der Waals surface area contributed by atoms with E-state index in [-0.39, 0.29) is 0 Å². The van der Waals surface area contributed by atoms with Gasteiger partial charge in [-0.3, -0.25) is 0 Å². The highest BCUT2D eigenvalue weighted by molar-refractivity contribution is 6.29. The second-order valence-corrected chi connectivity index (χ2v) is 2.70. The standard InChI is InChI=1S/C7H12ClN/c1-5(2)6(3)4-7(8)9/h4-5H,3,9H2,1-2H3/b7-4-. The molecule has 0 unspecified atom stereocenters. The van der Waals surface area contributed by atoms with Gasteiger partial charge in [0.05, 0.1) is 5.16 Å². The van der Waals surface area contributed by atoms with Crippen LogP contribution in [0.1, 0.15) is 13.8 Å². The molecule has 0 saturated heterocycles. The van der Waals surface area contributed by atoms with Crippen LogP contribution in [0, 0.1) is 5.92 Å². The zero-order valence-electron chi connectivity index (χ0n) is 5.82. The van der Waals surface area contributed by atoms with Crippen LogP contribution in [-0.2, 0) is 0 Å². The first-order chi connectivity index (χ1) is 4.04. The van der Waals surface area contributed by atoms with Gasteiger partial charge in [-0.05, 0) is 17.6 Å². The van der Waals surface area contributed by atoms with E-state index in [2.05, 4.69) is 6.58 Å². The summed E-state index contributed by atoms with van der Waals surface area (Å²) in [5.41, 5.74) is 6.16. The number of allylic oxidation sites excluding steroid dienone is 2. The smallest absolute Gasteiger partial charge is 0.0994 e. The minimum Gasteiger partial charge on any atom is -0.389 e. The van der Waals surface area contributed by atoms with Crippen molar-refractivity contribution in [2.75, 3.05) is 0 Å². The summed E-state index contributed by atoms with van der Waals surface area (Å²) >= 11 is 5.39. The minimum atomic E-state index is 0.300. The van der Waals surface area contributed by atoms with Crippen molar-refractivity contribution in [3.05, 3.63) is 23.4 Å². The van der Waals surface area contributed by atoms with Gasteiger partial charge in [0.1, 0.15) is 0 Å². The van der Waals surface area contributed by atoms with E-state index in [1.807, 2.05) is 13.8 Å². The Balaban J connectivity index is 3.93. The second kappa shape index (κ2) is 3.57. The average molecular weight is 146 g/mol. The van der Waals surface area contributed by atoms with Crippen LogP contribution in [0.25, 0.3) is 0 Å². The molecule has 0 amide bonds. The maximum atomic E-state index is 5.39. The van der Waals surface area contributed by atoms with E-state index in [0.29, 0.717) is 11.1 Å². The fourth-order valence-electron chi connectivity index (χ4n) is 0.344. The summed E-state index contributed by atoms with van der Waals surface area (Å²) < 4.78 is 0. The van der Waals surface area contributed by atoms with Crippen LogP contribution in [0.4, 0.5) is 0 Å². The van der Waals surface area contributed by atoms with E-state index < -0.39 is 0 Å². The van der Waals surface area contributed by atoms with E-state index in [9.17, 15) is 0 Å². The van der Waals surface area contributed by atoms with Gasteiger partial charge in [0.15, 0.2) is 0 Å². The first-order valence-corrected chi connectivity index (χ1v) is 3.23. The van der Waals surface area contributed by atoms with Gasteiger partial charge >= 0.3 is 0 Å². The zero-order valence-corrected chi connectivity index (χ0v) is 6.57. The number of hydrogen-bond donors (Lipinski definition) is 1. The lowest BCUT2D eigenvalue weighted by Crippen LogP contribution is -1.93. The Morgan fingerprint density at radius 2 is 2.11 bits per heavy atom. The molecule has 0 aliphatic rings. The third kappa shape index (κ3) is 4.10. The van der Waals surface area contributed by atoms with Gasteiger partial charge in [-0.1, -0.05) is 32.0 Å². The third-order valence-corrected chi connectivity index (χ3v) is 1.17. The van der Waals surface area contributed by atoms with Gasteiger partial charge in [0, 0.05) is 0 Å². The molecule has 52 valence electrons. The summed E-state index contributed by atoms with van der Waals surface area (Å²) in [5, 5.41) is 0.300. The molecular formula is C7H12ClN. The summed E-state index contributed by atoms with van der Waals surface area (Å²) in [6.07, 6.45) is 1.67. The quantitative estimate of drug-likeness (QED) is 0.468. The molecule has 2 N–H and O–H groups in total. The molecule has 0 bridgehead atoms. The summed E-state index contributed by atoms with van der Waals surface area (Å²) in [5.74, 6) is 0.419. The molecule has 0 spiro atoms. The molecule has 0 aromatic rings. The Labute approximate surface area is 61.2 Å². The van der Waals surface area contributed by atoms with Crippen LogP contribution in [-0.4, -0.2) is 0 Å². The Morgan fingerprint density at radius 1 is 1.67 bits per heavy atom. The van der Waals surface area contributed by atoms with Crippen molar-refractivity contribution in [3.8, 4) is 0 Å². The predicted molar refractivity (Wildman–Crippen MR) is 42.1 cm³/mol. The number of hydrogen-bond acceptors (Lipinski definition) is 1. The van der Waals surface area contributed by atoms with Gasteiger partial charge in [0.2, 0.25) is 0 Å². The Hall–Kier alpha value is -0.430. The van der Waals surface area contributed by atoms with Crippen LogP contribution in [0.3, 0.4) is 0 Å². The third-order valence-electron chi connectivity index (χ3n) is 1.06. The van der Waals surface area contributed by atoms with Crippen molar-refractivity contribution in [1.29, 1.82) is 0 Å². The van der Waals surface area contributed by atoms with Gasteiger partial charge in [-0.15, -0.1) is 0 Å². The van der Waals surface area contributed by atoms with Crippen molar-refractivity contribution in [3.63, 3.8) is 0 Å². The second-order valence-electron chi connectivity index (χ2n) is 2.26. The number of nitrogens with two attached hydrogens (primary N) is 1. The lowest BCUT2D eigenvalue weighted by Gasteiger charge is -2.01. The normalized spacial score (nSPS) is 12.2. The van der Waals surface area contributed by atoms with Gasteiger partial charge in [-0.25, -0.2) is 0 Å². The molecular weight excluding hydrogens is 134 g/mol. The fourth-order valence-corrected chi connectivity index (χ4v) is 0.484. The highest BCUT2D eigenvalue weighted by Gasteiger charge is 1.94. The maximum Gasteiger partial charge on any atom is 0.0994 e. The maximum absolute atomic E-state index is 5.39. The molecule has 0 fully saturated rings. The van der Waals surface area contributed by atoms with Gasteiger partial charge in [0.25, 0.3) is 0 Å². The SMILES string of the molecule is C=C(/C=C(\N)Cl)C(C)C. The van der Waals surface area contributed by atoms with Crippen molar-refractivity contribution < 1.29 is 0 Å². The molecule has 0 heterocycles. The molecule has 0 aliphatic heterocycles. The molecule has 0 saturated carbocycles. The summed E-state index contributed by atoms with van der Waals surface area (Å²) in [6.45, 7) is 7.83. The highest BCUT2D eigenvalue weighted by Crippen LogP contribution is 2.09. The van der Waals surface area contributed by atoms with Crippen molar-refractivity contribution in [1.82, 2.24) is 0 Å². The molecule has 0 aromatic carbocycles. The largest absolute Gasteiger partial charge is 0.389 e. The van der Waals surface area contributed by atoms with Crippen molar-refractivity contribution in [2.45, 2.75) is 13.8 Å². The van der Waals surface area contributed by atoms with E-state index in [0.717, 1.165) is 5.57 Å². The van der Waals surface area contributed by atoms with Crippen LogP contribution in [0.2, 0.25) is 0 Å². The molecule has 9 heavy (non-hydrogen) atoms. The zero-order chi connectivity index (χ0) is 7.44. The molecule has 0 atom stereocenters. The van der Waals surface area contributed by atoms with Gasteiger partial charge < -0.3 is 5.73 Å². The average Bonchev–Trinajstić information content (AvgIpc) is 1.63. The van der Waals surface area contributed by atoms with Crippen molar-refractivity contribution in [2.24, 2.45) is 11.7 Å². The topological polar surface area (TPSA) is 26.0 Å². The summed E-state index contributed by atoms with van der Waals surface area (Å²) in [7, 11) is 0. The van der Waals surface area contributed by atoms with E-state index in [1.165, 1.54) is 0 Å². The summed E-state index contributed by atoms with van der Waals surface area (Å²) in [4.78, 5) is 0. The first-order valence-electron chi connectivity index (χ1n) is 2.85. The van der Waals surface area contributed by atoms with E-state index >= 15 is 0 Å². The Kier molecular flexibility index (Phi) is 3.40. The Bertz CT molecular complexity index is 132. The van der Waals surface area contributed by atoms with Gasteiger partial charge in [-0.2, -0.15) is 0 Å². The molecule has 0 aromatic heterocycles. The highest BCUT2D eigenvalue weighted by atomic mass is 35.5. The van der Waals surface area contributed by atoms with Crippen LogP contribution < -0.4 is 5.73 Å². The molecule has 2 heteroatoms. The van der Waals surface area contributed by atoms with Crippen LogP contribution >= 0.6 is 11.6 Å². The molecule has 0 rings (SSSR count). The van der Waals surface area contributed by atoms with Crippen LogP contribution in [0.5, 0.6) is 0 Å². The predicted octanol–water partition coefficient (Wildman–Crippen LogP) is 2.24. The number of rotatable bonds is 2. The Morgan fingerprint density at radius 3 is 2.22 bits per heavy atom. The summed E-state index contributed by atoms with van der Waals surface area (Å²) in [6, 6.07) is 0. The first kappa shape index (κ1) is 8.57. The van der Waals surface area contributed by atoms with Crippen LogP contribution in [0.15, 0.2) is 23.4 Å². The molecule has 0 aliphatic carbocycles. The molecule has 1 nitrogen and oxygen atoms in total. The fraction of sp³-hybridized carbons (Fsp3) is 0.429. The lowest BCUT2D eigenvalue weighted by molar-refractivity contribution is 0.794. The van der Waals surface area contributed by atoms with E-state index in [4.69, 9.17) is 17.3 Å². The number of halogens is 1. The minimum absolute atomic E-state index is 0.300. The lowest BCUT2D eigenvalue weighted by atomic mass is 10.1. The molecule has 0 radical (unpaired) electrons. The monoisotopic (exact) mass is 145 g/mol.